The van der Waals surface area contributed by atoms with Gasteiger partial charge in [-0.15, -0.1) is 0 Å². The molecule has 3 N–H and O–H groups in total. The second kappa shape index (κ2) is 6.16. The summed E-state index contributed by atoms with van der Waals surface area (Å²) in [4.78, 5) is 12.4. The van der Waals surface area contributed by atoms with Crippen molar-refractivity contribution in [3.63, 3.8) is 0 Å². The molecule has 2 aliphatic rings. The molecule has 1 heterocycles. The Hall–Kier alpha value is -1.39. The summed E-state index contributed by atoms with van der Waals surface area (Å²) >= 11 is 0. The van der Waals surface area contributed by atoms with Crippen molar-refractivity contribution in [1.82, 2.24) is 5.32 Å². The zero-order valence-electron chi connectivity index (χ0n) is 12.5. The highest BCUT2D eigenvalue weighted by atomic mass is 16.5. The van der Waals surface area contributed by atoms with Gasteiger partial charge in [-0.25, -0.2) is 0 Å². The fraction of sp³-hybridized carbons (Fsp3) is 0.588. The summed E-state index contributed by atoms with van der Waals surface area (Å²) in [5.41, 5.74) is 9.12. The topological polar surface area (TPSA) is 64.3 Å². The van der Waals surface area contributed by atoms with Crippen molar-refractivity contribution in [2.24, 2.45) is 11.1 Å². The monoisotopic (exact) mass is 288 g/mol. The van der Waals surface area contributed by atoms with Crippen LogP contribution in [-0.4, -0.2) is 19.0 Å². The van der Waals surface area contributed by atoms with E-state index < -0.39 is 0 Å². The van der Waals surface area contributed by atoms with Crippen LogP contribution in [0.5, 0.6) is 0 Å². The summed E-state index contributed by atoms with van der Waals surface area (Å²) in [5.74, 6) is 0.00287. The maximum Gasteiger partial charge on any atom is 0.251 e. The minimum atomic E-state index is 0.00287. The number of hydrogen-bond acceptors (Lipinski definition) is 3. The van der Waals surface area contributed by atoms with E-state index >= 15 is 0 Å². The molecular weight excluding hydrogens is 264 g/mol. The van der Waals surface area contributed by atoms with E-state index in [4.69, 9.17) is 10.5 Å². The molecule has 0 atom stereocenters. The first-order valence-electron chi connectivity index (χ1n) is 7.90. The highest BCUT2D eigenvalue weighted by Gasteiger charge is 2.31. The number of nitrogens with two attached hydrogens (primary N) is 1. The molecule has 1 aromatic carbocycles. The first-order chi connectivity index (χ1) is 10.2. The van der Waals surface area contributed by atoms with E-state index in [2.05, 4.69) is 5.32 Å². The molecule has 1 aliphatic carbocycles. The van der Waals surface area contributed by atoms with E-state index in [1.807, 2.05) is 18.2 Å². The molecule has 0 bridgehead atoms. The van der Waals surface area contributed by atoms with Crippen molar-refractivity contribution < 1.29 is 9.53 Å². The maximum absolute atomic E-state index is 12.4. The first kappa shape index (κ1) is 14.5. The number of benzene rings is 1. The molecule has 0 radical (unpaired) electrons. The summed E-state index contributed by atoms with van der Waals surface area (Å²) in [7, 11) is 0. The molecule has 21 heavy (non-hydrogen) atoms. The number of rotatable bonds is 4. The number of fused-ring (bicyclic) bond motifs is 1. The Morgan fingerprint density at radius 2 is 1.95 bits per heavy atom. The van der Waals surface area contributed by atoms with Crippen LogP contribution >= 0.6 is 0 Å². The van der Waals surface area contributed by atoms with E-state index in [9.17, 15) is 4.79 Å². The van der Waals surface area contributed by atoms with Gasteiger partial charge in [0.15, 0.2) is 0 Å². The molecule has 1 aromatic rings. The Morgan fingerprint density at radius 1 is 1.19 bits per heavy atom. The second-order valence-corrected chi connectivity index (χ2v) is 6.42. The molecule has 3 rings (SSSR count). The van der Waals surface area contributed by atoms with Gasteiger partial charge in [-0.05, 0) is 48.1 Å². The van der Waals surface area contributed by atoms with Crippen molar-refractivity contribution >= 4 is 5.91 Å². The van der Waals surface area contributed by atoms with Gasteiger partial charge in [0.05, 0.1) is 13.2 Å². The molecule has 1 aliphatic heterocycles. The summed E-state index contributed by atoms with van der Waals surface area (Å²) in [6, 6.07) is 5.84. The number of amides is 1. The van der Waals surface area contributed by atoms with Crippen LogP contribution in [0.2, 0.25) is 0 Å². The van der Waals surface area contributed by atoms with Crippen molar-refractivity contribution in [3.8, 4) is 0 Å². The molecule has 0 unspecified atom stereocenters. The third-order valence-corrected chi connectivity index (χ3v) is 4.95. The van der Waals surface area contributed by atoms with Crippen LogP contribution in [0.1, 0.15) is 53.6 Å². The van der Waals surface area contributed by atoms with E-state index in [0.717, 1.165) is 24.0 Å². The van der Waals surface area contributed by atoms with Gasteiger partial charge < -0.3 is 15.8 Å². The Morgan fingerprint density at radius 3 is 2.71 bits per heavy atom. The van der Waals surface area contributed by atoms with Crippen molar-refractivity contribution in [2.75, 3.05) is 13.1 Å². The summed E-state index contributed by atoms with van der Waals surface area (Å²) in [5, 5.41) is 3.09. The summed E-state index contributed by atoms with van der Waals surface area (Å²) in [6.07, 6.45) is 6.00. The lowest BCUT2D eigenvalue weighted by Crippen LogP contribution is -2.43. The van der Waals surface area contributed by atoms with Gasteiger partial charge >= 0.3 is 0 Å². The first-order valence-corrected chi connectivity index (χ1v) is 7.90. The standard InChI is InChI=1S/C17H24N2O2/c18-11-17(6-2-1-3-7-17)12-19-16(20)13-4-5-14-9-21-10-15(14)8-13/h4-5,8H,1-3,6-7,9-12,18H2,(H,19,20). The van der Waals surface area contributed by atoms with Gasteiger partial charge in [-0.3, -0.25) is 4.79 Å². The van der Waals surface area contributed by atoms with E-state index in [1.165, 1.54) is 24.8 Å². The Bertz CT molecular complexity index is 522. The molecule has 4 nitrogen and oxygen atoms in total. The summed E-state index contributed by atoms with van der Waals surface area (Å²) in [6.45, 7) is 2.62. The van der Waals surface area contributed by atoms with Gasteiger partial charge in [0.25, 0.3) is 5.91 Å². The predicted molar refractivity (Wildman–Crippen MR) is 81.8 cm³/mol. The predicted octanol–water partition coefficient (Wildman–Crippen LogP) is 2.36. The fourth-order valence-corrected chi connectivity index (χ4v) is 3.44. The van der Waals surface area contributed by atoms with Crippen molar-refractivity contribution in [3.05, 3.63) is 34.9 Å². The molecule has 1 saturated carbocycles. The van der Waals surface area contributed by atoms with Gasteiger partial charge in [0, 0.05) is 12.1 Å². The number of ether oxygens (including phenoxy) is 1. The fourth-order valence-electron chi connectivity index (χ4n) is 3.44. The lowest BCUT2D eigenvalue weighted by molar-refractivity contribution is 0.0914. The van der Waals surface area contributed by atoms with Gasteiger partial charge in [-0.2, -0.15) is 0 Å². The van der Waals surface area contributed by atoms with Crippen LogP contribution in [0.25, 0.3) is 0 Å². The lowest BCUT2D eigenvalue weighted by Gasteiger charge is -2.36. The van der Waals surface area contributed by atoms with Gasteiger partial charge in [0.2, 0.25) is 0 Å². The maximum atomic E-state index is 12.4. The molecule has 114 valence electrons. The third kappa shape index (κ3) is 3.11. The van der Waals surface area contributed by atoms with Crippen molar-refractivity contribution in [2.45, 2.75) is 45.3 Å². The van der Waals surface area contributed by atoms with Crippen LogP contribution in [0.4, 0.5) is 0 Å². The molecule has 1 fully saturated rings. The molecule has 0 saturated heterocycles. The molecule has 0 aromatic heterocycles. The Kier molecular flexibility index (Phi) is 4.27. The average Bonchev–Trinajstić information content (AvgIpc) is 3.01. The minimum Gasteiger partial charge on any atom is -0.372 e. The van der Waals surface area contributed by atoms with Gasteiger partial charge in [0.1, 0.15) is 0 Å². The highest BCUT2D eigenvalue weighted by molar-refractivity contribution is 5.94. The molecule has 4 heteroatoms. The Balaban J connectivity index is 1.63. The van der Waals surface area contributed by atoms with E-state index in [-0.39, 0.29) is 11.3 Å². The third-order valence-electron chi connectivity index (χ3n) is 4.95. The number of nitrogens with one attached hydrogen (secondary N) is 1. The number of carbonyl (C=O) groups is 1. The van der Waals surface area contributed by atoms with E-state index in [1.54, 1.807) is 0 Å². The highest BCUT2D eigenvalue weighted by Crippen LogP contribution is 2.34. The molecular formula is C17H24N2O2. The van der Waals surface area contributed by atoms with E-state index in [0.29, 0.717) is 26.3 Å². The lowest BCUT2D eigenvalue weighted by atomic mass is 9.74. The largest absolute Gasteiger partial charge is 0.372 e. The number of carbonyl (C=O) groups excluding carboxylic acids is 1. The average molecular weight is 288 g/mol. The van der Waals surface area contributed by atoms with Crippen molar-refractivity contribution in [1.29, 1.82) is 0 Å². The van der Waals surface area contributed by atoms with Crippen LogP contribution in [0.3, 0.4) is 0 Å². The quantitative estimate of drug-likeness (QED) is 0.894. The summed E-state index contributed by atoms with van der Waals surface area (Å²) < 4.78 is 5.39. The Labute approximate surface area is 126 Å². The number of hydrogen-bond donors (Lipinski definition) is 2. The normalized spacial score (nSPS) is 20.0. The zero-order chi connectivity index (χ0) is 14.7. The molecule has 1 amide bonds. The van der Waals surface area contributed by atoms with Gasteiger partial charge in [-0.1, -0.05) is 25.3 Å². The van der Waals surface area contributed by atoms with Crippen LogP contribution in [0, 0.1) is 5.41 Å². The zero-order valence-corrected chi connectivity index (χ0v) is 12.5. The van der Waals surface area contributed by atoms with Crippen LogP contribution in [-0.2, 0) is 18.0 Å². The minimum absolute atomic E-state index is 0.00287. The SMILES string of the molecule is NCC1(CNC(=O)c2ccc3c(c2)COC3)CCCCC1. The smallest absolute Gasteiger partial charge is 0.251 e. The van der Waals surface area contributed by atoms with Crippen LogP contribution < -0.4 is 11.1 Å². The van der Waals surface area contributed by atoms with Crippen LogP contribution in [0.15, 0.2) is 18.2 Å². The molecule has 0 spiro atoms. The second-order valence-electron chi connectivity index (χ2n) is 6.42.